The summed E-state index contributed by atoms with van der Waals surface area (Å²) >= 11 is 0. The van der Waals surface area contributed by atoms with E-state index >= 15 is 0 Å². The van der Waals surface area contributed by atoms with Gasteiger partial charge in [0.2, 0.25) is 0 Å². The molecule has 5 heterocycles. The molecule has 0 unspecified atom stereocenters. The van der Waals surface area contributed by atoms with Crippen molar-refractivity contribution in [2.45, 2.75) is 0 Å². The van der Waals surface area contributed by atoms with Gasteiger partial charge < -0.3 is 9.97 Å². The minimum Gasteiger partial charge on any atom is -0.354 e. The number of hydrogen-bond acceptors (Lipinski definition) is 2. The molecule has 0 amide bonds. The summed E-state index contributed by atoms with van der Waals surface area (Å²) < 4.78 is 0. The van der Waals surface area contributed by atoms with Gasteiger partial charge in [-0.1, -0.05) is 121 Å². The number of nitrogens with one attached hydrogen (secondary N) is 2. The van der Waals surface area contributed by atoms with Crippen molar-refractivity contribution in [2.75, 3.05) is 0 Å². The van der Waals surface area contributed by atoms with Crippen molar-refractivity contribution in [2.24, 2.45) is 0 Å². The van der Waals surface area contributed by atoms with Crippen LogP contribution in [-0.2, 0) is 0 Å². The number of fused-ring (bicyclic) bond motifs is 8. The Kier molecular flexibility index (Phi) is 7.34. The first-order chi connectivity index (χ1) is 24.8. The van der Waals surface area contributed by atoms with Crippen LogP contribution in [0.4, 0.5) is 0 Å². The molecule has 0 fully saturated rings. The molecule has 234 valence electrons. The summed E-state index contributed by atoms with van der Waals surface area (Å²) in [6.45, 7) is 0. The van der Waals surface area contributed by atoms with Gasteiger partial charge in [-0.05, 0) is 77.4 Å². The van der Waals surface area contributed by atoms with Crippen LogP contribution in [0.25, 0.3) is 79.8 Å². The first-order valence-corrected chi connectivity index (χ1v) is 16.7. The predicted molar refractivity (Wildman–Crippen MR) is 208 cm³/mol. The maximum Gasteiger partial charge on any atom is 0.0815 e. The highest BCUT2D eigenvalue weighted by Gasteiger charge is 2.17. The number of nitrogens with zero attached hydrogens (tertiary/aromatic N) is 2. The van der Waals surface area contributed by atoms with Gasteiger partial charge in [0.15, 0.2) is 0 Å². The highest BCUT2D eigenvalue weighted by atomic mass is 14.8. The molecule has 2 N–H and O–H groups in total. The molecule has 0 atom stereocenters. The summed E-state index contributed by atoms with van der Waals surface area (Å²) in [6.07, 6.45) is 8.41. The third-order valence-corrected chi connectivity index (χ3v) is 9.05. The molecule has 0 aliphatic carbocycles. The van der Waals surface area contributed by atoms with Crippen LogP contribution < -0.4 is 0 Å². The monoisotopic (exact) mass is 638 g/mol. The Morgan fingerprint density at radius 1 is 0.340 bits per heavy atom. The number of aromatic amines is 2. The third kappa shape index (κ3) is 5.43. The van der Waals surface area contributed by atoms with Gasteiger partial charge in [0.05, 0.1) is 33.9 Å². The second kappa shape index (κ2) is 12.6. The Labute approximate surface area is 290 Å². The standard InChI is InChI=1S/C46H30N4/c1-5-13-31(14-6-1)21-22-35-36-23-25-38(47-36)44(32-15-7-2-8-16-32)40-27-29-42(49-40)46(34-19-11-4-12-20-34)43-30-28-41(50-43)45(33-17-9-3-10-18-33)39-26-24-37(35)48-39/h1-20,23-30,47,50H. The van der Waals surface area contributed by atoms with Gasteiger partial charge in [0.1, 0.15) is 0 Å². The van der Waals surface area contributed by atoms with Gasteiger partial charge in [0, 0.05) is 38.8 Å². The topological polar surface area (TPSA) is 57.4 Å². The lowest BCUT2D eigenvalue weighted by Gasteiger charge is -2.06. The summed E-state index contributed by atoms with van der Waals surface area (Å²) in [6, 6.07) is 49.9. The molecule has 0 saturated heterocycles. The molecule has 9 rings (SSSR count). The van der Waals surface area contributed by atoms with Gasteiger partial charge in [-0.2, -0.15) is 0 Å². The fourth-order valence-corrected chi connectivity index (χ4v) is 6.72. The zero-order chi connectivity index (χ0) is 33.3. The number of hydrogen-bond donors (Lipinski definition) is 2. The van der Waals surface area contributed by atoms with E-state index in [1.807, 2.05) is 48.5 Å². The van der Waals surface area contributed by atoms with Crippen molar-refractivity contribution >= 4 is 46.4 Å². The van der Waals surface area contributed by atoms with Gasteiger partial charge in [-0.25, -0.2) is 9.97 Å². The van der Waals surface area contributed by atoms with E-state index in [1.165, 1.54) is 0 Å². The molecule has 0 saturated carbocycles. The lowest BCUT2D eigenvalue weighted by Crippen LogP contribution is -1.89. The summed E-state index contributed by atoms with van der Waals surface area (Å²) in [4.78, 5) is 18.1. The lowest BCUT2D eigenvalue weighted by atomic mass is 10.0. The summed E-state index contributed by atoms with van der Waals surface area (Å²) in [7, 11) is 0. The van der Waals surface area contributed by atoms with Crippen molar-refractivity contribution in [3.05, 3.63) is 179 Å². The number of aromatic nitrogens is 4. The molecule has 7 aromatic rings. The zero-order valence-electron chi connectivity index (χ0n) is 27.1. The van der Waals surface area contributed by atoms with E-state index in [0.29, 0.717) is 0 Å². The number of rotatable bonds is 3. The molecule has 8 bridgehead atoms. The van der Waals surface area contributed by atoms with Gasteiger partial charge >= 0.3 is 0 Å². The third-order valence-electron chi connectivity index (χ3n) is 9.05. The highest BCUT2D eigenvalue weighted by Crippen LogP contribution is 2.36. The first-order valence-electron chi connectivity index (χ1n) is 16.7. The molecule has 50 heavy (non-hydrogen) atoms. The molecule has 3 aromatic heterocycles. The number of H-pyrrole nitrogens is 2. The van der Waals surface area contributed by atoms with E-state index in [2.05, 4.69) is 143 Å². The maximum absolute atomic E-state index is 5.34. The molecule has 0 spiro atoms. The van der Waals surface area contributed by atoms with Crippen LogP contribution in [0.15, 0.2) is 146 Å². The van der Waals surface area contributed by atoms with Crippen molar-refractivity contribution in [3.8, 4) is 45.2 Å². The van der Waals surface area contributed by atoms with Crippen LogP contribution >= 0.6 is 0 Å². The maximum atomic E-state index is 5.34. The molecule has 4 aromatic carbocycles. The fourth-order valence-electron chi connectivity index (χ4n) is 6.72. The average Bonchev–Trinajstić information content (AvgIpc) is 4.01. The van der Waals surface area contributed by atoms with E-state index in [9.17, 15) is 0 Å². The lowest BCUT2D eigenvalue weighted by molar-refractivity contribution is 1.30. The zero-order valence-corrected chi connectivity index (χ0v) is 27.1. The summed E-state index contributed by atoms with van der Waals surface area (Å²) in [5, 5.41) is 0. The van der Waals surface area contributed by atoms with Crippen LogP contribution in [0.2, 0.25) is 0 Å². The fraction of sp³-hybridized carbons (Fsp3) is 0. The molecular formula is C46H30N4. The van der Waals surface area contributed by atoms with Gasteiger partial charge in [-0.15, -0.1) is 0 Å². The first kappa shape index (κ1) is 29.2. The van der Waals surface area contributed by atoms with Crippen molar-refractivity contribution < 1.29 is 0 Å². The van der Waals surface area contributed by atoms with Crippen LogP contribution in [-0.4, -0.2) is 19.9 Å². The SMILES string of the molecule is C(#Cc1c2nc(c(-c3ccccc3)c3ccc([nH]3)c(-c3ccccc3)c3nc(c(-c4ccccc4)c4ccc1[nH]4)C=C3)C=C2)c1ccccc1. The molecule has 4 nitrogen and oxygen atoms in total. The van der Waals surface area contributed by atoms with Crippen molar-refractivity contribution in [1.82, 2.24) is 19.9 Å². The molecule has 0 radical (unpaired) electrons. The van der Waals surface area contributed by atoms with Crippen molar-refractivity contribution in [1.29, 1.82) is 0 Å². The van der Waals surface area contributed by atoms with Crippen LogP contribution in [0.5, 0.6) is 0 Å². The van der Waals surface area contributed by atoms with Crippen LogP contribution in [0, 0.1) is 11.8 Å². The Bertz CT molecular complexity index is 2630. The van der Waals surface area contributed by atoms with E-state index in [4.69, 9.17) is 9.97 Å². The quantitative estimate of drug-likeness (QED) is 0.189. The van der Waals surface area contributed by atoms with Gasteiger partial charge in [0.25, 0.3) is 0 Å². The Balaban J connectivity index is 1.45. The Morgan fingerprint density at radius 3 is 1.16 bits per heavy atom. The average molecular weight is 639 g/mol. The minimum absolute atomic E-state index is 0.802. The second-order valence-electron chi connectivity index (χ2n) is 12.2. The van der Waals surface area contributed by atoms with Crippen molar-refractivity contribution in [3.63, 3.8) is 0 Å². The Morgan fingerprint density at radius 2 is 0.700 bits per heavy atom. The molecule has 2 aliphatic heterocycles. The van der Waals surface area contributed by atoms with E-state index in [1.54, 1.807) is 0 Å². The molecular weight excluding hydrogens is 609 g/mol. The van der Waals surface area contributed by atoms with Gasteiger partial charge in [-0.3, -0.25) is 0 Å². The van der Waals surface area contributed by atoms with Crippen LogP contribution in [0.3, 0.4) is 0 Å². The summed E-state index contributed by atoms with van der Waals surface area (Å²) in [5.74, 6) is 6.88. The molecule has 4 heteroatoms. The Hall–Kier alpha value is -6.96. The number of benzene rings is 4. The van der Waals surface area contributed by atoms with E-state index in [-0.39, 0.29) is 0 Å². The predicted octanol–water partition coefficient (Wildman–Crippen LogP) is 11.1. The van der Waals surface area contributed by atoms with E-state index < -0.39 is 0 Å². The minimum atomic E-state index is 0.802. The second-order valence-corrected chi connectivity index (χ2v) is 12.2. The van der Waals surface area contributed by atoms with E-state index in [0.717, 1.165) is 89.4 Å². The smallest absolute Gasteiger partial charge is 0.0815 e. The molecule has 2 aliphatic rings. The largest absolute Gasteiger partial charge is 0.354 e. The summed E-state index contributed by atoms with van der Waals surface area (Å²) in [5.41, 5.74) is 15.3. The normalized spacial score (nSPS) is 11.7. The highest BCUT2D eigenvalue weighted by molar-refractivity contribution is 5.98. The van der Waals surface area contributed by atoms with Crippen LogP contribution in [0.1, 0.15) is 33.9 Å².